The van der Waals surface area contributed by atoms with Gasteiger partial charge in [-0.15, -0.1) is 39.0 Å². The van der Waals surface area contributed by atoms with Gasteiger partial charge in [-0.2, -0.15) is 0 Å². The predicted molar refractivity (Wildman–Crippen MR) is 169 cm³/mol. The molecule has 4 heterocycles. The van der Waals surface area contributed by atoms with Gasteiger partial charge in [-0.1, -0.05) is 68.5 Å². The van der Waals surface area contributed by atoms with Crippen molar-refractivity contribution in [2.45, 2.75) is 53.4 Å². The van der Waals surface area contributed by atoms with E-state index in [1.807, 2.05) is 58.0 Å². The molecule has 0 aliphatic carbocycles. The second-order valence-corrected chi connectivity index (χ2v) is 10.8. The Kier molecular flexibility index (Phi) is 9.22. The molecule has 0 radical (unpaired) electrons. The second kappa shape index (κ2) is 12.5. The summed E-state index contributed by atoms with van der Waals surface area (Å²) in [4.78, 5) is 37.9. The van der Waals surface area contributed by atoms with Crippen LogP contribution < -0.4 is 4.98 Å². The van der Waals surface area contributed by atoms with Crippen LogP contribution in [0.15, 0.2) is 49.6 Å². The van der Waals surface area contributed by atoms with Crippen LogP contribution in [0.2, 0.25) is 0 Å². The van der Waals surface area contributed by atoms with Gasteiger partial charge >= 0.3 is 31.4 Å². The van der Waals surface area contributed by atoms with Crippen molar-refractivity contribution in [2.75, 3.05) is 0 Å². The Balaban J connectivity index is 0.00000423. The number of aryl methyl sites for hydroxylation is 3. The molecule has 5 rings (SSSR count). The van der Waals surface area contributed by atoms with E-state index in [1.165, 1.54) is 0 Å². The Hall–Kier alpha value is -4.29. The van der Waals surface area contributed by atoms with Gasteiger partial charge in [0.05, 0.1) is 11.4 Å². The molecule has 0 spiro atoms. The zero-order valence-corrected chi connectivity index (χ0v) is 28.0. The van der Waals surface area contributed by atoms with Crippen molar-refractivity contribution in [3.8, 4) is 0 Å². The van der Waals surface area contributed by atoms with Crippen molar-refractivity contribution in [3.63, 3.8) is 0 Å². The van der Waals surface area contributed by atoms with Gasteiger partial charge in [-0.05, 0) is 55.0 Å². The minimum absolute atomic E-state index is 0. The summed E-state index contributed by atoms with van der Waals surface area (Å²) in [5.41, 5.74) is 11.9. The zero-order valence-electron chi connectivity index (χ0n) is 25.0. The van der Waals surface area contributed by atoms with Crippen LogP contribution >= 0.6 is 0 Å². The molecule has 7 nitrogen and oxygen atoms in total. The molecule has 0 atom stereocenters. The maximum Gasteiger partial charge on any atom is 2.00 e. The molecular formula is C35H33N3O4Zn. The standard InChI is InChI=1S/C35H34N3O4.Zn/c1-7-24-19(4)30-17-33-25(8-2)20(5)28(38-33)16-29-21(6)27(10-12-35(41)42)32(37-29)15-23-13-22(14-31(24)36-30)18(3)26(23)9-11-34(39)40;/h7-8,13-17H,1-2,9-12H2,3-6H3,(H3,36,37,38,39,40,41,42);/q-1;+2/p-1. The maximum absolute atomic E-state index is 11.5. The van der Waals surface area contributed by atoms with E-state index in [1.54, 1.807) is 12.2 Å². The SMILES string of the molecule is C=CC1=C(C)c2cc3[n-]c(cc4nc(cc5[cH-]c(cc1n2)c(C)c5CCC(=O)O)C(CCC(=O)O)=C4C)c(C)c3C=C.[Zn+2]. The Morgan fingerprint density at radius 2 is 1.40 bits per heavy atom. The molecule has 1 aromatic carbocycles. The second-order valence-electron chi connectivity index (χ2n) is 10.8. The smallest absolute Gasteiger partial charge is 0.657 e. The minimum atomic E-state index is -0.882. The van der Waals surface area contributed by atoms with Crippen LogP contribution in [-0.2, 0) is 35.5 Å². The number of aromatic nitrogens is 3. The topological polar surface area (TPSA) is 114 Å². The molecular weight excluding hydrogens is 592 g/mol. The molecule has 2 aliphatic heterocycles. The number of hydrogen-bond donors (Lipinski definition) is 2. The molecule has 0 saturated carbocycles. The van der Waals surface area contributed by atoms with Crippen molar-refractivity contribution in [1.29, 1.82) is 0 Å². The van der Waals surface area contributed by atoms with Crippen LogP contribution in [0.1, 0.15) is 78.1 Å². The summed E-state index contributed by atoms with van der Waals surface area (Å²) >= 11 is 0. The van der Waals surface area contributed by atoms with Gasteiger partial charge in [0, 0.05) is 24.2 Å². The number of carboxylic acids is 2. The van der Waals surface area contributed by atoms with Crippen LogP contribution in [0.5, 0.6) is 0 Å². The first-order valence-electron chi connectivity index (χ1n) is 13.9. The molecule has 2 N–H and O–H groups in total. The number of nitrogens with zero attached hydrogens (tertiary/aromatic N) is 3. The number of allylic oxidation sites excluding steroid dienone is 5. The maximum atomic E-state index is 11.5. The summed E-state index contributed by atoms with van der Waals surface area (Å²) in [7, 11) is 0. The van der Waals surface area contributed by atoms with Gasteiger partial charge in [-0.3, -0.25) is 19.6 Å². The summed E-state index contributed by atoms with van der Waals surface area (Å²) in [6, 6.07) is 9.92. The Morgan fingerprint density at radius 1 is 0.791 bits per heavy atom. The first kappa shape index (κ1) is 31.6. The van der Waals surface area contributed by atoms with Crippen molar-refractivity contribution in [3.05, 3.63) is 94.6 Å². The molecule has 0 fully saturated rings. The van der Waals surface area contributed by atoms with E-state index in [9.17, 15) is 19.8 Å². The van der Waals surface area contributed by atoms with E-state index < -0.39 is 11.9 Å². The number of rotatable bonds is 8. The van der Waals surface area contributed by atoms with Crippen molar-refractivity contribution in [2.24, 2.45) is 0 Å². The number of aliphatic carboxylic acids is 2. The Bertz CT molecular complexity index is 1920. The van der Waals surface area contributed by atoms with E-state index in [0.717, 1.165) is 83.4 Å². The van der Waals surface area contributed by atoms with E-state index in [0.29, 0.717) is 18.5 Å². The fourth-order valence-corrected chi connectivity index (χ4v) is 5.81. The number of carboxylic acid groups (broad SMARTS) is 2. The van der Waals surface area contributed by atoms with Crippen molar-refractivity contribution in [1.82, 2.24) is 15.0 Å². The van der Waals surface area contributed by atoms with Crippen LogP contribution in [0.4, 0.5) is 0 Å². The molecule has 0 amide bonds. The molecule has 3 aromatic rings. The predicted octanol–water partition coefficient (Wildman–Crippen LogP) is 7.52. The molecule has 2 aliphatic rings. The third-order valence-electron chi connectivity index (χ3n) is 8.26. The number of carbonyl (C=O) groups is 2. The van der Waals surface area contributed by atoms with Gasteiger partial charge in [0.25, 0.3) is 0 Å². The molecule has 0 unspecified atom stereocenters. The average Bonchev–Trinajstić information content (AvgIpc) is 3.59. The molecule has 43 heavy (non-hydrogen) atoms. The zero-order chi connectivity index (χ0) is 30.3. The largest absolute Gasteiger partial charge is 2.00 e. The Labute approximate surface area is 263 Å². The average molecular weight is 625 g/mol. The monoisotopic (exact) mass is 623 g/mol. The molecule has 8 heteroatoms. The van der Waals surface area contributed by atoms with Crippen LogP contribution in [-0.4, -0.2) is 32.1 Å². The van der Waals surface area contributed by atoms with Crippen LogP contribution in [0, 0.1) is 13.8 Å². The van der Waals surface area contributed by atoms with Crippen LogP contribution in [0.3, 0.4) is 0 Å². The molecule has 2 aromatic heterocycles. The molecule has 214 valence electrons. The van der Waals surface area contributed by atoms with Gasteiger partial charge in [-0.25, -0.2) is 0 Å². The third-order valence-corrected chi connectivity index (χ3v) is 8.26. The van der Waals surface area contributed by atoms with Crippen molar-refractivity contribution >= 4 is 62.1 Å². The van der Waals surface area contributed by atoms with Gasteiger partial charge < -0.3 is 15.2 Å². The molecule has 8 bridgehead atoms. The third kappa shape index (κ3) is 5.98. The first-order valence-corrected chi connectivity index (χ1v) is 13.9. The van der Waals surface area contributed by atoms with Crippen molar-refractivity contribution < 1.29 is 39.3 Å². The first-order chi connectivity index (χ1) is 20.0. The fraction of sp³-hybridized carbons (Fsp3) is 0.229. The summed E-state index contributed by atoms with van der Waals surface area (Å²) in [5.74, 6) is -1.75. The Morgan fingerprint density at radius 3 is 2.05 bits per heavy atom. The molecule has 0 saturated heterocycles. The normalized spacial score (nSPS) is 12.7. The van der Waals surface area contributed by atoms with E-state index in [2.05, 4.69) is 13.2 Å². The fourth-order valence-electron chi connectivity index (χ4n) is 5.81. The van der Waals surface area contributed by atoms with Gasteiger partial charge in [0.2, 0.25) is 0 Å². The van der Waals surface area contributed by atoms with E-state index in [4.69, 9.17) is 15.0 Å². The number of hydrogen-bond acceptors (Lipinski definition) is 4. The minimum Gasteiger partial charge on any atom is -0.657 e. The summed E-state index contributed by atoms with van der Waals surface area (Å²) in [6.45, 7) is 16.0. The van der Waals surface area contributed by atoms with E-state index >= 15 is 0 Å². The summed E-state index contributed by atoms with van der Waals surface area (Å²) in [5, 5.41) is 20.7. The van der Waals surface area contributed by atoms with Crippen LogP contribution in [0.25, 0.3) is 50.2 Å². The number of fused-ring (bicyclic) bond motifs is 8. The van der Waals surface area contributed by atoms with E-state index in [-0.39, 0.29) is 32.3 Å². The summed E-state index contributed by atoms with van der Waals surface area (Å²) in [6.07, 6.45) is 4.25. The van der Waals surface area contributed by atoms with Gasteiger partial charge in [0.15, 0.2) is 0 Å². The van der Waals surface area contributed by atoms with Gasteiger partial charge in [0.1, 0.15) is 0 Å². The quantitative estimate of drug-likeness (QED) is 0.197. The summed E-state index contributed by atoms with van der Waals surface area (Å²) < 4.78 is 0.